The number of aromatic amines is 1. The Morgan fingerprint density at radius 2 is 2.14 bits per heavy atom. The van der Waals surface area contributed by atoms with Gasteiger partial charge in [0.25, 0.3) is 0 Å². The lowest BCUT2D eigenvalue weighted by atomic mass is 10.1. The van der Waals surface area contributed by atoms with Gasteiger partial charge in [0.05, 0.1) is 5.52 Å². The summed E-state index contributed by atoms with van der Waals surface area (Å²) in [7, 11) is 1.84. The summed E-state index contributed by atoms with van der Waals surface area (Å²) in [4.78, 5) is 13.8. The Bertz CT molecular complexity index is 530. The highest BCUT2D eigenvalue weighted by atomic mass is 16.1. The fourth-order valence-corrected chi connectivity index (χ4v) is 1.44. The van der Waals surface area contributed by atoms with Gasteiger partial charge in [0.1, 0.15) is 0 Å². The van der Waals surface area contributed by atoms with Gasteiger partial charge in [0.15, 0.2) is 0 Å². The van der Waals surface area contributed by atoms with E-state index < -0.39 is 0 Å². The molecular weight excluding hydrogens is 178 g/mol. The monoisotopic (exact) mass is 189 g/mol. The maximum absolute atomic E-state index is 11.1. The molecule has 0 bridgehead atoms. The van der Waals surface area contributed by atoms with Crippen molar-refractivity contribution in [3.63, 3.8) is 0 Å². The van der Waals surface area contributed by atoms with E-state index in [1.165, 1.54) is 6.07 Å². The van der Waals surface area contributed by atoms with E-state index >= 15 is 0 Å². The van der Waals surface area contributed by atoms with E-state index in [1.807, 2.05) is 25.2 Å². The third-order valence-electron chi connectivity index (χ3n) is 2.16. The Morgan fingerprint density at radius 1 is 1.36 bits per heavy atom. The lowest BCUT2D eigenvalue weighted by molar-refractivity contribution is 1.31. The van der Waals surface area contributed by atoms with Crippen LogP contribution in [0.2, 0.25) is 0 Å². The minimum absolute atomic E-state index is 0.174. The van der Waals surface area contributed by atoms with Gasteiger partial charge >= 0.3 is 0 Å². The van der Waals surface area contributed by atoms with Gasteiger partial charge in [0.2, 0.25) is 5.56 Å². The van der Waals surface area contributed by atoms with Crippen molar-refractivity contribution in [3.8, 4) is 0 Å². The van der Waals surface area contributed by atoms with Gasteiger partial charge < -0.3 is 16.0 Å². The number of hydrogen-bond acceptors (Lipinski definition) is 3. The zero-order valence-corrected chi connectivity index (χ0v) is 7.79. The molecular formula is C10H11N3O. The van der Waals surface area contributed by atoms with Crippen molar-refractivity contribution < 1.29 is 0 Å². The molecule has 0 aliphatic heterocycles. The number of rotatable bonds is 1. The fraction of sp³-hybridized carbons (Fsp3) is 0.100. The van der Waals surface area contributed by atoms with Crippen molar-refractivity contribution in [2.75, 3.05) is 18.1 Å². The van der Waals surface area contributed by atoms with E-state index in [9.17, 15) is 4.79 Å². The van der Waals surface area contributed by atoms with Crippen LogP contribution in [0.25, 0.3) is 10.9 Å². The Labute approximate surface area is 80.7 Å². The van der Waals surface area contributed by atoms with Gasteiger partial charge in [-0.3, -0.25) is 4.79 Å². The van der Waals surface area contributed by atoms with Gasteiger partial charge in [-0.05, 0) is 18.2 Å². The zero-order valence-electron chi connectivity index (χ0n) is 7.79. The number of nitrogens with one attached hydrogen (secondary N) is 2. The largest absolute Gasteiger partial charge is 0.398 e. The van der Waals surface area contributed by atoms with Crippen LogP contribution >= 0.6 is 0 Å². The van der Waals surface area contributed by atoms with Crippen molar-refractivity contribution in [2.24, 2.45) is 0 Å². The van der Waals surface area contributed by atoms with Crippen molar-refractivity contribution in [1.29, 1.82) is 0 Å². The molecule has 0 aliphatic carbocycles. The van der Waals surface area contributed by atoms with Crippen molar-refractivity contribution in [1.82, 2.24) is 4.98 Å². The summed E-state index contributed by atoms with van der Waals surface area (Å²) in [6.45, 7) is 0. The first kappa shape index (κ1) is 8.62. The number of H-pyrrole nitrogens is 1. The summed E-state index contributed by atoms with van der Waals surface area (Å²) in [5.41, 5.74) is 7.79. The molecule has 2 rings (SSSR count). The average molecular weight is 189 g/mol. The molecule has 0 saturated heterocycles. The third-order valence-corrected chi connectivity index (χ3v) is 2.16. The van der Waals surface area contributed by atoms with Gasteiger partial charge in [0, 0.05) is 29.9 Å². The normalized spacial score (nSPS) is 10.4. The molecule has 4 nitrogen and oxygen atoms in total. The first-order chi connectivity index (χ1) is 6.70. The van der Waals surface area contributed by atoms with Crippen LogP contribution in [0.1, 0.15) is 0 Å². The first-order valence-electron chi connectivity index (χ1n) is 4.31. The van der Waals surface area contributed by atoms with Crippen molar-refractivity contribution in [2.45, 2.75) is 0 Å². The topological polar surface area (TPSA) is 70.9 Å². The van der Waals surface area contributed by atoms with Gasteiger partial charge in [-0.2, -0.15) is 0 Å². The second kappa shape index (κ2) is 3.06. The molecule has 14 heavy (non-hydrogen) atoms. The van der Waals surface area contributed by atoms with Crippen LogP contribution in [0.3, 0.4) is 0 Å². The number of anilines is 2. The van der Waals surface area contributed by atoms with Crippen LogP contribution in [-0.4, -0.2) is 12.0 Å². The van der Waals surface area contributed by atoms with Crippen LogP contribution in [0.5, 0.6) is 0 Å². The molecule has 0 fully saturated rings. The predicted molar refractivity (Wildman–Crippen MR) is 58.5 cm³/mol. The molecule has 1 heterocycles. The lowest BCUT2D eigenvalue weighted by Gasteiger charge is -2.04. The van der Waals surface area contributed by atoms with Crippen LogP contribution < -0.4 is 16.6 Å². The number of fused-ring (bicyclic) bond motifs is 1. The summed E-state index contributed by atoms with van der Waals surface area (Å²) < 4.78 is 0. The predicted octanol–water partition coefficient (Wildman–Crippen LogP) is 1.15. The van der Waals surface area contributed by atoms with Crippen molar-refractivity contribution in [3.05, 3.63) is 34.6 Å². The van der Waals surface area contributed by atoms with E-state index in [1.54, 1.807) is 0 Å². The second-order valence-electron chi connectivity index (χ2n) is 3.10. The van der Waals surface area contributed by atoms with E-state index in [4.69, 9.17) is 5.73 Å². The fourth-order valence-electron chi connectivity index (χ4n) is 1.44. The highest BCUT2D eigenvalue weighted by molar-refractivity contribution is 5.92. The molecule has 0 saturated carbocycles. The molecule has 0 aliphatic rings. The van der Waals surface area contributed by atoms with Crippen LogP contribution in [0.4, 0.5) is 11.4 Å². The SMILES string of the molecule is CNc1ccc2[nH]c(=O)cc(N)c2c1. The maximum atomic E-state index is 11.1. The average Bonchev–Trinajstić information content (AvgIpc) is 2.17. The number of pyridine rings is 1. The Morgan fingerprint density at radius 3 is 2.86 bits per heavy atom. The van der Waals surface area contributed by atoms with Gasteiger partial charge in [-0.25, -0.2) is 0 Å². The summed E-state index contributed by atoms with van der Waals surface area (Å²) in [6, 6.07) is 7.01. The molecule has 1 aromatic carbocycles. The second-order valence-corrected chi connectivity index (χ2v) is 3.10. The molecule has 1 aromatic heterocycles. The lowest BCUT2D eigenvalue weighted by Crippen LogP contribution is -2.06. The van der Waals surface area contributed by atoms with Crippen LogP contribution in [0, 0.1) is 0 Å². The zero-order chi connectivity index (χ0) is 10.1. The Balaban J connectivity index is 2.82. The number of nitrogens with two attached hydrogens (primary N) is 1. The van der Waals surface area contributed by atoms with Gasteiger partial charge in [-0.15, -0.1) is 0 Å². The number of aromatic nitrogens is 1. The first-order valence-corrected chi connectivity index (χ1v) is 4.31. The standard InChI is InChI=1S/C10H11N3O/c1-12-6-2-3-9-7(4-6)8(11)5-10(14)13-9/h2-5,12H,1H3,(H3,11,13,14). The summed E-state index contributed by atoms with van der Waals surface area (Å²) in [5.74, 6) is 0. The van der Waals surface area contributed by atoms with E-state index in [0.29, 0.717) is 5.69 Å². The van der Waals surface area contributed by atoms with E-state index in [2.05, 4.69) is 10.3 Å². The smallest absolute Gasteiger partial charge is 0.250 e. The molecule has 0 radical (unpaired) electrons. The molecule has 4 heteroatoms. The number of nitrogen functional groups attached to an aromatic ring is 1. The number of hydrogen-bond donors (Lipinski definition) is 3. The quantitative estimate of drug-likeness (QED) is 0.630. The third kappa shape index (κ3) is 1.31. The van der Waals surface area contributed by atoms with Gasteiger partial charge in [-0.1, -0.05) is 0 Å². The summed E-state index contributed by atoms with van der Waals surface area (Å²) in [5, 5.41) is 3.87. The molecule has 72 valence electrons. The van der Waals surface area contributed by atoms with E-state index in [0.717, 1.165) is 16.6 Å². The van der Waals surface area contributed by atoms with Crippen LogP contribution in [0.15, 0.2) is 29.1 Å². The molecule has 4 N–H and O–H groups in total. The van der Waals surface area contributed by atoms with E-state index in [-0.39, 0.29) is 5.56 Å². The highest BCUT2D eigenvalue weighted by Crippen LogP contribution is 2.20. The Hall–Kier alpha value is -1.97. The Kier molecular flexibility index (Phi) is 1.89. The number of benzene rings is 1. The molecule has 0 amide bonds. The minimum atomic E-state index is -0.174. The molecule has 0 atom stereocenters. The highest BCUT2D eigenvalue weighted by Gasteiger charge is 2.00. The molecule has 0 spiro atoms. The van der Waals surface area contributed by atoms with Crippen molar-refractivity contribution >= 4 is 22.3 Å². The minimum Gasteiger partial charge on any atom is -0.398 e. The molecule has 2 aromatic rings. The maximum Gasteiger partial charge on any atom is 0.250 e. The van der Waals surface area contributed by atoms with Crippen LogP contribution in [-0.2, 0) is 0 Å². The summed E-state index contributed by atoms with van der Waals surface area (Å²) in [6.07, 6.45) is 0. The summed E-state index contributed by atoms with van der Waals surface area (Å²) >= 11 is 0. The molecule has 0 unspecified atom stereocenters.